The summed E-state index contributed by atoms with van der Waals surface area (Å²) in [6.45, 7) is 7.33. The van der Waals surface area contributed by atoms with Gasteiger partial charge in [-0.3, -0.25) is 9.69 Å². The molecular formula is C21H29N5O5. The number of morpholine rings is 1. The van der Waals surface area contributed by atoms with Gasteiger partial charge in [0.15, 0.2) is 5.69 Å². The first kappa shape index (κ1) is 22.6. The van der Waals surface area contributed by atoms with Gasteiger partial charge < -0.3 is 26.0 Å². The van der Waals surface area contributed by atoms with Crippen molar-refractivity contribution in [3.63, 3.8) is 0 Å². The van der Waals surface area contributed by atoms with Crippen molar-refractivity contribution in [1.82, 2.24) is 14.7 Å². The van der Waals surface area contributed by atoms with Crippen LogP contribution in [0.15, 0.2) is 30.5 Å². The van der Waals surface area contributed by atoms with Crippen molar-refractivity contribution >= 4 is 17.7 Å². The van der Waals surface area contributed by atoms with Crippen LogP contribution in [0.4, 0.5) is 10.5 Å². The van der Waals surface area contributed by atoms with Gasteiger partial charge in [0.2, 0.25) is 0 Å². The first-order valence-corrected chi connectivity index (χ1v) is 10.0. The number of aromatic nitrogens is 2. The number of nitrogen functional groups attached to an aromatic ring is 1. The number of ether oxygens (including phenoxy) is 2. The van der Waals surface area contributed by atoms with Crippen molar-refractivity contribution in [3.8, 4) is 5.69 Å². The second-order valence-corrected chi connectivity index (χ2v) is 8.62. The van der Waals surface area contributed by atoms with E-state index in [2.05, 4.69) is 5.10 Å². The van der Waals surface area contributed by atoms with Crippen molar-refractivity contribution < 1.29 is 24.2 Å². The smallest absolute Gasteiger partial charge is 0.407 e. The van der Waals surface area contributed by atoms with Crippen LogP contribution >= 0.6 is 0 Å². The lowest BCUT2D eigenvalue weighted by atomic mass is 9.81. The summed E-state index contributed by atoms with van der Waals surface area (Å²) in [5.74, 6) is -0.679. The molecule has 10 nitrogen and oxygen atoms in total. The molecule has 0 bridgehead atoms. The van der Waals surface area contributed by atoms with Crippen LogP contribution in [-0.2, 0) is 16.1 Å². The molecule has 1 aliphatic rings. The van der Waals surface area contributed by atoms with Gasteiger partial charge in [-0.2, -0.15) is 5.10 Å². The molecule has 1 aromatic heterocycles. The number of carboxylic acid groups (broad SMARTS) is 1. The number of nitrogens with two attached hydrogens (primary N) is 2. The van der Waals surface area contributed by atoms with Crippen LogP contribution in [0.1, 0.15) is 36.8 Å². The summed E-state index contributed by atoms with van der Waals surface area (Å²) in [5, 5.41) is 13.7. The van der Waals surface area contributed by atoms with Gasteiger partial charge in [0, 0.05) is 6.54 Å². The lowest BCUT2D eigenvalue weighted by Gasteiger charge is -2.46. The Kier molecular flexibility index (Phi) is 6.51. The highest BCUT2D eigenvalue weighted by molar-refractivity contribution is 5.95. The Morgan fingerprint density at radius 2 is 1.97 bits per heavy atom. The van der Waals surface area contributed by atoms with Crippen LogP contribution in [0.3, 0.4) is 0 Å². The molecule has 0 saturated carbocycles. The van der Waals surface area contributed by atoms with Crippen LogP contribution in [0.25, 0.3) is 5.69 Å². The summed E-state index contributed by atoms with van der Waals surface area (Å²) >= 11 is 0. The first-order valence-electron chi connectivity index (χ1n) is 10.0. The topological polar surface area (TPSA) is 146 Å². The Morgan fingerprint density at radius 3 is 2.52 bits per heavy atom. The zero-order valence-corrected chi connectivity index (χ0v) is 17.9. The van der Waals surface area contributed by atoms with Crippen molar-refractivity contribution in [2.75, 3.05) is 25.5 Å². The molecule has 1 fully saturated rings. The second kappa shape index (κ2) is 8.94. The maximum atomic E-state index is 11.6. The molecule has 2 aromatic rings. The van der Waals surface area contributed by atoms with Crippen LogP contribution < -0.4 is 11.5 Å². The van der Waals surface area contributed by atoms with E-state index in [1.165, 1.54) is 15.8 Å². The SMILES string of the molecule is CC(C)(C)C1C(COCc2ccc(-n3cc(N)c(C(N)=O)n3)cc2)OCCN1C(=O)O. The number of nitrogens with zero attached hydrogens (tertiary/aromatic N) is 3. The third-order valence-electron chi connectivity index (χ3n) is 5.21. The van der Waals surface area contributed by atoms with E-state index in [4.69, 9.17) is 20.9 Å². The molecule has 0 radical (unpaired) electrons. The van der Waals surface area contributed by atoms with Crippen LogP contribution in [0, 0.1) is 5.41 Å². The fourth-order valence-electron chi connectivity index (χ4n) is 3.86. The average molecular weight is 431 g/mol. The number of rotatable bonds is 6. The summed E-state index contributed by atoms with van der Waals surface area (Å²) in [5.41, 5.74) is 12.6. The monoisotopic (exact) mass is 431 g/mol. The molecule has 1 aromatic carbocycles. The van der Waals surface area contributed by atoms with Crippen molar-refractivity contribution in [3.05, 3.63) is 41.7 Å². The van der Waals surface area contributed by atoms with E-state index in [-0.39, 0.29) is 35.5 Å². The van der Waals surface area contributed by atoms with E-state index in [0.717, 1.165) is 11.3 Å². The van der Waals surface area contributed by atoms with Gasteiger partial charge in [-0.1, -0.05) is 32.9 Å². The van der Waals surface area contributed by atoms with Crippen molar-refractivity contribution in [2.24, 2.45) is 11.1 Å². The quantitative estimate of drug-likeness (QED) is 0.633. The van der Waals surface area contributed by atoms with Crippen molar-refractivity contribution in [1.29, 1.82) is 0 Å². The van der Waals surface area contributed by atoms with Crippen LogP contribution in [0.2, 0.25) is 0 Å². The predicted octanol–water partition coefficient (Wildman–Crippen LogP) is 1.86. The first-order chi connectivity index (χ1) is 14.6. The van der Waals surface area contributed by atoms with Crippen LogP contribution in [-0.4, -0.2) is 63.7 Å². The van der Waals surface area contributed by atoms with Crippen molar-refractivity contribution in [2.45, 2.75) is 39.5 Å². The maximum absolute atomic E-state index is 11.6. The lowest BCUT2D eigenvalue weighted by molar-refractivity contribution is -0.123. The fraction of sp³-hybridized carbons (Fsp3) is 0.476. The van der Waals surface area contributed by atoms with Gasteiger partial charge in [0.25, 0.3) is 5.91 Å². The minimum Gasteiger partial charge on any atom is -0.465 e. The molecule has 31 heavy (non-hydrogen) atoms. The van der Waals surface area contributed by atoms with Gasteiger partial charge in [-0.25, -0.2) is 9.48 Å². The molecule has 2 atom stereocenters. The molecule has 2 amide bonds. The Labute approximate surface area is 180 Å². The molecule has 1 saturated heterocycles. The molecule has 1 aliphatic heterocycles. The second-order valence-electron chi connectivity index (χ2n) is 8.62. The minimum atomic E-state index is -0.942. The molecule has 2 heterocycles. The van der Waals surface area contributed by atoms with Gasteiger partial charge >= 0.3 is 6.09 Å². The molecule has 3 rings (SSSR count). The van der Waals surface area contributed by atoms with E-state index in [1.54, 1.807) is 0 Å². The highest BCUT2D eigenvalue weighted by atomic mass is 16.5. The standard InChI is InChI=1S/C21H29N5O5/c1-21(2,3)18-16(31-9-8-25(18)20(28)29)12-30-11-13-4-6-14(7-5-13)26-10-15(22)17(24-26)19(23)27/h4-7,10,16,18H,8-9,11-12,22H2,1-3H3,(H2,23,27)(H,28,29). The number of carbonyl (C=O) groups excluding carboxylic acids is 1. The molecular weight excluding hydrogens is 402 g/mol. The summed E-state index contributed by atoms with van der Waals surface area (Å²) in [4.78, 5) is 24.4. The molecule has 5 N–H and O–H groups in total. The average Bonchev–Trinajstić information content (AvgIpc) is 3.09. The zero-order chi connectivity index (χ0) is 22.8. The number of benzene rings is 1. The van der Waals surface area contributed by atoms with E-state index in [0.29, 0.717) is 19.8 Å². The summed E-state index contributed by atoms with van der Waals surface area (Å²) in [7, 11) is 0. The number of hydrogen-bond donors (Lipinski definition) is 3. The molecule has 2 unspecified atom stereocenters. The highest BCUT2D eigenvalue weighted by Crippen LogP contribution is 2.31. The maximum Gasteiger partial charge on any atom is 0.407 e. The van der Waals surface area contributed by atoms with E-state index >= 15 is 0 Å². The zero-order valence-electron chi connectivity index (χ0n) is 17.9. The minimum absolute atomic E-state index is 0.0312. The summed E-state index contributed by atoms with van der Waals surface area (Å²) in [6, 6.07) is 7.12. The Hall–Kier alpha value is -3.11. The predicted molar refractivity (Wildman–Crippen MR) is 114 cm³/mol. The largest absolute Gasteiger partial charge is 0.465 e. The lowest BCUT2D eigenvalue weighted by Crippen LogP contribution is -2.60. The van der Waals surface area contributed by atoms with E-state index in [9.17, 15) is 14.7 Å². The summed E-state index contributed by atoms with van der Waals surface area (Å²) < 4.78 is 13.2. The van der Waals surface area contributed by atoms with Gasteiger partial charge in [0.05, 0.1) is 43.4 Å². The van der Waals surface area contributed by atoms with E-state index in [1.807, 2.05) is 45.0 Å². The van der Waals surface area contributed by atoms with E-state index < -0.39 is 12.0 Å². The summed E-state index contributed by atoms with van der Waals surface area (Å²) in [6.07, 6.45) is 0.248. The molecule has 168 valence electrons. The fourth-order valence-corrected chi connectivity index (χ4v) is 3.86. The third kappa shape index (κ3) is 5.15. The van der Waals surface area contributed by atoms with Crippen LogP contribution in [0.5, 0.6) is 0 Å². The number of anilines is 1. The van der Waals surface area contributed by atoms with Gasteiger partial charge in [0.1, 0.15) is 6.10 Å². The highest BCUT2D eigenvalue weighted by Gasteiger charge is 2.42. The third-order valence-corrected chi connectivity index (χ3v) is 5.21. The Bertz CT molecular complexity index is 935. The Balaban J connectivity index is 1.62. The molecule has 10 heteroatoms. The number of carbonyl (C=O) groups is 2. The normalized spacial score (nSPS) is 19.4. The number of amides is 2. The Morgan fingerprint density at radius 1 is 1.29 bits per heavy atom. The number of primary amides is 1. The molecule has 0 spiro atoms. The molecule has 0 aliphatic carbocycles. The number of hydrogen-bond acceptors (Lipinski definition) is 6. The van der Waals surface area contributed by atoms with Gasteiger partial charge in [-0.15, -0.1) is 0 Å². The van der Waals surface area contributed by atoms with Gasteiger partial charge in [-0.05, 0) is 23.1 Å².